The number of carbonyl (C=O) groups is 1. The van der Waals surface area contributed by atoms with E-state index < -0.39 is 11.9 Å². The highest BCUT2D eigenvalue weighted by molar-refractivity contribution is 5.99. The van der Waals surface area contributed by atoms with Crippen LogP contribution in [0.3, 0.4) is 0 Å². The molecule has 220 valence electrons. The number of rotatable bonds is 12. The van der Waals surface area contributed by atoms with Gasteiger partial charge in [0.1, 0.15) is 5.75 Å². The summed E-state index contributed by atoms with van der Waals surface area (Å²) in [4.78, 5) is 15.6. The van der Waals surface area contributed by atoms with Crippen LogP contribution in [0.1, 0.15) is 88.4 Å². The monoisotopic (exact) mass is 556 g/mol. The number of aliphatic hydroxyl groups is 1. The van der Waals surface area contributed by atoms with Crippen LogP contribution in [0.4, 0.5) is 10.1 Å². The molecule has 7 nitrogen and oxygen atoms in total. The van der Waals surface area contributed by atoms with Gasteiger partial charge in [0.15, 0.2) is 23.1 Å². The molecule has 0 bridgehead atoms. The molecule has 0 amide bonds. The van der Waals surface area contributed by atoms with Crippen LogP contribution < -0.4 is 19.1 Å². The predicted molar refractivity (Wildman–Crippen MR) is 158 cm³/mol. The van der Waals surface area contributed by atoms with Gasteiger partial charge >= 0.3 is 0 Å². The Morgan fingerprint density at radius 3 is 2.33 bits per heavy atom. The molecule has 2 atom stereocenters. The summed E-state index contributed by atoms with van der Waals surface area (Å²) in [5, 5.41) is 18.6. The number of hydrogen-bond donors (Lipinski definition) is 2. The van der Waals surface area contributed by atoms with E-state index in [-0.39, 0.29) is 47.2 Å². The standard InChI is InChI=1S/C32H45FN2O5/c1-9-39-27-16-21(28(20(4)34)29(33)31(27)40-10-2)12-11-13-25(36)22-14-23(32(5,6)7)30(38-8)24(15-22)35-17-19(3)26(37)18-35/h14-16,19,26,34,37H,9-13,17-18H2,1-8H3/t19-,26?/m0/s1. The number of ether oxygens (including phenoxy) is 3. The third-order valence-electron chi connectivity index (χ3n) is 7.40. The third kappa shape index (κ3) is 6.77. The van der Waals surface area contributed by atoms with Crippen molar-refractivity contribution in [3.05, 3.63) is 46.3 Å². The van der Waals surface area contributed by atoms with Crippen molar-refractivity contribution in [1.82, 2.24) is 0 Å². The molecule has 2 aromatic rings. The zero-order valence-electron chi connectivity index (χ0n) is 25.2. The molecule has 0 saturated carbocycles. The average Bonchev–Trinajstić information content (AvgIpc) is 3.22. The number of nitrogens with one attached hydrogen (secondary N) is 1. The summed E-state index contributed by atoms with van der Waals surface area (Å²) in [5.74, 6) is 0.553. The second-order valence-corrected chi connectivity index (χ2v) is 11.6. The smallest absolute Gasteiger partial charge is 0.197 e. The van der Waals surface area contributed by atoms with Crippen LogP contribution in [0.2, 0.25) is 0 Å². The van der Waals surface area contributed by atoms with Crippen molar-refractivity contribution in [3.63, 3.8) is 0 Å². The van der Waals surface area contributed by atoms with E-state index in [9.17, 15) is 9.90 Å². The zero-order chi connectivity index (χ0) is 29.8. The normalized spacial score (nSPS) is 17.2. The van der Waals surface area contributed by atoms with E-state index in [0.717, 1.165) is 17.0 Å². The summed E-state index contributed by atoms with van der Waals surface area (Å²) in [6.07, 6.45) is 0.698. The van der Waals surface area contributed by atoms with Gasteiger partial charge in [-0.2, -0.15) is 0 Å². The number of aliphatic hydroxyl groups excluding tert-OH is 1. The SMILES string of the molecule is CCOc1cc(CCCC(=O)c2cc(N3CC(O)[C@@H](C)C3)c(OC)c(C(C)(C)C)c2)c(C(C)=N)c(F)c1OCC. The molecule has 1 aliphatic rings. The number of aryl methyl sites for hydroxylation is 1. The van der Waals surface area contributed by atoms with Crippen LogP contribution in [-0.4, -0.2) is 56.1 Å². The number of anilines is 1. The van der Waals surface area contributed by atoms with Crippen molar-refractivity contribution in [3.8, 4) is 17.2 Å². The zero-order valence-corrected chi connectivity index (χ0v) is 25.2. The Morgan fingerprint density at radius 1 is 1.12 bits per heavy atom. The number of halogens is 1. The molecule has 1 aliphatic heterocycles. The largest absolute Gasteiger partial charge is 0.494 e. The molecule has 40 heavy (non-hydrogen) atoms. The van der Waals surface area contributed by atoms with Crippen LogP contribution in [-0.2, 0) is 11.8 Å². The van der Waals surface area contributed by atoms with Gasteiger partial charge in [0.2, 0.25) is 0 Å². The summed E-state index contributed by atoms with van der Waals surface area (Å²) in [6.45, 7) is 15.2. The molecule has 8 heteroatoms. The minimum absolute atomic E-state index is 0.0209. The lowest BCUT2D eigenvalue weighted by molar-refractivity contribution is 0.0980. The minimum atomic E-state index is -0.599. The second kappa shape index (κ2) is 13.0. The fraction of sp³-hybridized carbons (Fsp3) is 0.562. The summed E-state index contributed by atoms with van der Waals surface area (Å²) < 4.78 is 32.4. The van der Waals surface area contributed by atoms with Crippen molar-refractivity contribution in [1.29, 1.82) is 5.41 Å². The van der Waals surface area contributed by atoms with Gasteiger partial charge in [-0.3, -0.25) is 4.79 Å². The summed E-state index contributed by atoms with van der Waals surface area (Å²) >= 11 is 0. The molecule has 0 spiro atoms. The first kappa shape index (κ1) is 31.4. The topological polar surface area (TPSA) is 92.1 Å². The van der Waals surface area contributed by atoms with Gasteiger partial charge in [0.05, 0.1) is 32.1 Å². The third-order valence-corrected chi connectivity index (χ3v) is 7.40. The number of carbonyl (C=O) groups excluding carboxylic acids is 1. The molecule has 1 fully saturated rings. The van der Waals surface area contributed by atoms with Gasteiger partial charge in [-0.05, 0) is 62.8 Å². The van der Waals surface area contributed by atoms with Crippen molar-refractivity contribution in [2.75, 3.05) is 38.3 Å². The van der Waals surface area contributed by atoms with Crippen LogP contribution in [0.15, 0.2) is 18.2 Å². The number of Topliss-reactive ketones (excluding diaryl/α,β-unsaturated/α-hetero) is 1. The first-order valence-corrected chi connectivity index (χ1v) is 14.2. The Balaban J connectivity index is 1.91. The number of ketones is 1. The van der Waals surface area contributed by atoms with Crippen molar-refractivity contribution >= 4 is 17.2 Å². The van der Waals surface area contributed by atoms with Crippen molar-refractivity contribution in [2.45, 2.75) is 79.2 Å². The summed E-state index contributed by atoms with van der Waals surface area (Å²) in [6, 6.07) is 5.52. The van der Waals surface area contributed by atoms with Gasteiger partial charge in [0.25, 0.3) is 0 Å². The molecule has 3 rings (SSSR count). The molecular weight excluding hydrogens is 511 g/mol. The fourth-order valence-electron chi connectivity index (χ4n) is 5.31. The minimum Gasteiger partial charge on any atom is -0.494 e. The highest BCUT2D eigenvalue weighted by Gasteiger charge is 2.32. The maximum atomic E-state index is 15.4. The molecule has 2 aromatic carbocycles. The highest BCUT2D eigenvalue weighted by atomic mass is 19.1. The molecule has 1 heterocycles. The van der Waals surface area contributed by atoms with Crippen LogP contribution in [0, 0.1) is 17.1 Å². The van der Waals surface area contributed by atoms with E-state index in [1.807, 2.05) is 26.0 Å². The van der Waals surface area contributed by atoms with E-state index >= 15 is 4.39 Å². The lowest BCUT2D eigenvalue weighted by atomic mass is 9.84. The maximum absolute atomic E-state index is 15.4. The van der Waals surface area contributed by atoms with Crippen molar-refractivity contribution in [2.24, 2.45) is 5.92 Å². The number of hydrogen-bond acceptors (Lipinski definition) is 7. The molecular formula is C32H45FN2O5. The molecule has 2 N–H and O–H groups in total. The van der Waals surface area contributed by atoms with Gasteiger partial charge < -0.3 is 29.6 Å². The number of benzene rings is 2. The van der Waals surface area contributed by atoms with Crippen LogP contribution in [0.5, 0.6) is 17.2 Å². The van der Waals surface area contributed by atoms with E-state index in [4.69, 9.17) is 19.6 Å². The molecule has 0 radical (unpaired) electrons. The lowest BCUT2D eigenvalue weighted by Gasteiger charge is -2.29. The highest BCUT2D eigenvalue weighted by Crippen LogP contribution is 2.42. The number of methoxy groups -OCH3 is 1. The van der Waals surface area contributed by atoms with Gasteiger partial charge in [0, 0.05) is 47.8 Å². The quantitative estimate of drug-likeness (QED) is 0.234. The summed E-state index contributed by atoms with van der Waals surface area (Å²) in [7, 11) is 1.64. The maximum Gasteiger partial charge on any atom is 0.197 e. The fourth-order valence-corrected chi connectivity index (χ4v) is 5.31. The van der Waals surface area contributed by atoms with Gasteiger partial charge in [-0.25, -0.2) is 4.39 Å². The molecule has 1 unspecified atom stereocenters. The van der Waals surface area contributed by atoms with E-state index in [2.05, 4.69) is 25.7 Å². The first-order chi connectivity index (χ1) is 18.8. The Kier molecular flexibility index (Phi) is 10.2. The van der Waals surface area contributed by atoms with Crippen LogP contribution in [0.25, 0.3) is 0 Å². The Bertz CT molecular complexity index is 1230. The summed E-state index contributed by atoms with van der Waals surface area (Å²) in [5.41, 5.74) is 2.98. The average molecular weight is 557 g/mol. The van der Waals surface area contributed by atoms with E-state index in [1.165, 1.54) is 0 Å². The van der Waals surface area contributed by atoms with Gasteiger partial charge in [-0.1, -0.05) is 27.7 Å². The molecule has 0 aliphatic carbocycles. The number of β-amino-alcohol motifs (C(OH)–C–C–N with tert-alkyl or cyclic N) is 1. The van der Waals surface area contributed by atoms with Crippen LogP contribution >= 0.6 is 0 Å². The van der Waals surface area contributed by atoms with Gasteiger partial charge in [-0.15, -0.1) is 0 Å². The predicted octanol–water partition coefficient (Wildman–Crippen LogP) is 6.34. The Morgan fingerprint density at radius 2 is 1.80 bits per heavy atom. The molecule has 0 aromatic heterocycles. The lowest BCUT2D eigenvalue weighted by Crippen LogP contribution is -2.24. The van der Waals surface area contributed by atoms with E-state index in [1.54, 1.807) is 27.0 Å². The Labute approximate surface area is 238 Å². The van der Waals surface area contributed by atoms with Crippen molar-refractivity contribution < 1.29 is 28.5 Å². The number of nitrogens with zero attached hydrogens (tertiary/aromatic N) is 1. The Hall–Kier alpha value is -3.13. The first-order valence-electron chi connectivity index (χ1n) is 14.2. The molecule has 1 saturated heterocycles. The second-order valence-electron chi connectivity index (χ2n) is 11.6. The van der Waals surface area contributed by atoms with E-state index in [0.29, 0.717) is 49.4 Å².